The molecule has 0 saturated heterocycles. The number of carbonyl (C=O) groups is 1. The molecule has 1 amide bonds. The van der Waals surface area contributed by atoms with Crippen LogP contribution in [0.1, 0.15) is 38.8 Å². The number of carboxylic acid groups (broad SMARTS) is 1. The van der Waals surface area contributed by atoms with E-state index in [0.29, 0.717) is 6.07 Å². The minimum Gasteiger partial charge on any atom is -0.591 e. The Morgan fingerprint density at radius 1 is 1.26 bits per heavy atom. The van der Waals surface area contributed by atoms with Gasteiger partial charge in [-0.1, -0.05) is 4.40 Å². The van der Waals surface area contributed by atoms with E-state index in [2.05, 4.69) is 4.40 Å². The van der Waals surface area contributed by atoms with E-state index in [9.17, 15) is 22.5 Å². The third kappa shape index (κ3) is 5.76. The molecule has 5 nitrogen and oxygen atoms in total. The molecule has 0 fully saturated rings. The summed E-state index contributed by atoms with van der Waals surface area (Å²) in [6.07, 6.45) is -6.13. The highest BCUT2D eigenvalue weighted by Gasteiger charge is 2.32. The summed E-state index contributed by atoms with van der Waals surface area (Å²) in [6.45, 7) is 6.47. The molecular weight excluding hydrogens is 333 g/mol. The Balaban J connectivity index is 3.34. The van der Waals surface area contributed by atoms with Gasteiger partial charge in [0.15, 0.2) is 0 Å². The fourth-order valence-electron chi connectivity index (χ4n) is 1.51. The minimum atomic E-state index is -4.64. The second-order valence-electron chi connectivity index (χ2n) is 5.77. The summed E-state index contributed by atoms with van der Waals surface area (Å²) in [5.74, 6) is 0. The van der Waals surface area contributed by atoms with E-state index in [1.54, 1.807) is 20.8 Å². The third-order valence-electron chi connectivity index (χ3n) is 2.67. The summed E-state index contributed by atoms with van der Waals surface area (Å²) in [7, 11) is 0. The molecule has 1 atom stereocenters. The quantitative estimate of drug-likeness (QED) is 0.637. The smallest absolute Gasteiger partial charge is 0.416 e. The van der Waals surface area contributed by atoms with Crippen LogP contribution in [0.15, 0.2) is 22.6 Å². The van der Waals surface area contributed by atoms with E-state index in [0.717, 1.165) is 6.07 Å². The van der Waals surface area contributed by atoms with E-state index in [1.165, 1.54) is 13.0 Å². The van der Waals surface area contributed by atoms with Gasteiger partial charge in [0.1, 0.15) is 16.1 Å². The highest BCUT2D eigenvalue weighted by atomic mass is 32.2. The molecule has 9 heteroatoms. The summed E-state index contributed by atoms with van der Waals surface area (Å²) in [6, 6.07) is 2.74. The highest BCUT2D eigenvalue weighted by Crippen LogP contribution is 2.32. The van der Waals surface area contributed by atoms with Crippen molar-refractivity contribution in [3.05, 3.63) is 29.3 Å². The van der Waals surface area contributed by atoms with Crippen LogP contribution in [-0.4, -0.2) is 26.2 Å². The number of halogens is 3. The molecule has 1 aromatic rings. The molecule has 128 valence electrons. The van der Waals surface area contributed by atoms with Crippen LogP contribution in [0.5, 0.6) is 0 Å². The van der Waals surface area contributed by atoms with Gasteiger partial charge in [-0.15, -0.1) is 0 Å². The van der Waals surface area contributed by atoms with Crippen molar-refractivity contribution in [2.75, 3.05) is 5.32 Å². The first-order chi connectivity index (χ1) is 10.3. The first kappa shape index (κ1) is 19.3. The molecule has 0 aliphatic carbocycles. The van der Waals surface area contributed by atoms with Crippen LogP contribution in [0.4, 0.5) is 23.7 Å². The van der Waals surface area contributed by atoms with Gasteiger partial charge in [-0.25, -0.2) is 4.79 Å². The predicted octanol–water partition coefficient (Wildman–Crippen LogP) is 4.07. The lowest BCUT2D eigenvalue weighted by Gasteiger charge is -2.19. The first-order valence-electron chi connectivity index (χ1n) is 6.50. The van der Waals surface area contributed by atoms with E-state index in [1.807, 2.05) is 5.32 Å². The molecule has 0 heterocycles. The molecule has 0 aromatic heterocycles. The van der Waals surface area contributed by atoms with Crippen LogP contribution in [0, 0.1) is 0 Å². The Hall–Kier alpha value is -1.74. The zero-order valence-corrected chi connectivity index (χ0v) is 13.8. The Morgan fingerprint density at radius 3 is 2.26 bits per heavy atom. The summed E-state index contributed by atoms with van der Waals surface area (Å²) < 4.78 is 54.0. The van der Waals surface area contributed by atoms with Crippen LogP contribution < -0.4 is 5.32 Å². The number of amides is 1. The number of hydrogen-bond donors (Lipinski definition) is 2. The zero-order valence-electron chi connectivity index (χ0n) is 13.0. The van der Waals surface area contributed by atoms with Crippen LogP contribution in [0.2, 0.25) is 0 Å². The molecule has 0 bridgehead atoms. The fourth-order valence-corrected chi connectivity index (χ4v) is 2.14. The molecule has 0 saturated carbocycles. The fraction of sp³-hybridized carbons (Fsp3) is 0.429. The number of nitrogens with zero attached hydrogens (tertiary/aromatic N) is 1. The molecule has 23 heavy (non-hydrogen) atoms. The van der Waals surface area contributed by atoms with Gasteiger partial charge in [-0.3, -0.25) is 5.32 Å². The van der Waals surface area contributed by atoms with Gasteiger partial charge in [0.05, 0.1) is 11.3 Å². The molecule has 1 rings (SSSR count). The SMILES string of the molecule is C/C(=N\[S+]([O-])C(C)(C)C)c1cc(NC(=O)O)cc(C(F)(F)F)c1. The van der Waals surface area contributed by atoms with E-state index < -0.39 is 33.9 Å². The normalized spacial score (nSPS) is 14.5. The van der Waals surface area contributed by atoms with Crippen molar-refractivity contribution in [1.82, 2.24) is 0 Å². The number of alkyl halides is 3. The lowest BCUT2D eigenvalue weighted by atomic mass is 10.1. The Kier molecular flexibility index (Phi) is 5.70. The molecule has 2 N–H and O–H groups in total. The summed E-state index contributed by atoms with van der Waals surface area (Å²) in [4.78, 5) is 10.6. The van der Waals surface area contributed by atoms with Gasteiger partial charge in [0, 0.05) is 11.3 Å². The number of benzene rings is 1. The predicted molar refractivity (Wildman–Crippen MR) is 83.2 cm³/mol. The number of nitrogens with one attached hydrogen (secondary N) is 1. The van der Waals surface area contributed by atoms with Crippen LogP contribution in [-0.2, 0) is 17.5 Å². The summed E-state index contributed by atoms with van der Waals surface area (Å²) in [5.41, 5.74) is -1.09. The molecule has 0 aliphatic rings. The van der Waals surface area contributed by atoms with Crippen LogP contribution in [0.25, 0.3) is 0 Å². The molecule has 0 spiro atoms. The average molecular weight is 350 g/mol. The van der Waals surface area contributed by atoms with Crippen LogP contribution >= 0.6 is 0 Å². The maximum Gasteiger partial charge on any atom is 0.416 e. The van der Waals surface area contributed by atoms with Crippen molar-refractivity contribution < 1.29 is 27.6 Å². The molecular formula is C14H17F3N2O3S. The molecule has 1 unspecified atom stereocenters. The second-order valence-corrected chi connectivity index (χ2v) is 7.67. The molecule has 0 aliphatic heterocycles. The minimum absolute atomic E-state index is 0.0428. The van der Waals surface area contributed by atoms with Crippen molar-refractivity contribution >= 4 is 28.9 Å². The van der Waals surface area contributed by atoms with Crippen molar-refractivity contribution in [1.29, 1.82) is 0 Å². The van der Waals surface area contributed by atoms with Crippen molar-refractivity contribution in [2.24, 2.45) is 4.40 Å². The maximum atomic E-state index is 12.9. The zero-order chi connectivity index (χ0) is 18.0. The van der Waals surface area contributed by atoms with Crippen LogP contribution in [0.3, 0.4) is 0 Å². The second kappa shape index (κ2) is 6.79. The largest absolute Gasteiger partial charge is 0.591 e. The van der Waals surface area contributed by atoms with E-state index in [4.69, 9.17) is 5.11 Å². The Labute approximate surface area is 134 Å². The number of hydrogen-bond acceptors (Lipinski definition) is 3. The molecule has 1 aromatic carbocycles. The van der Waals surface area contributed by atoms with Gasteiger partial charge in [0.2, 0.25) is 0 Å². The van der Waals surface area contributed by atoms with Crippen molar-refractivity contribution in [3.63, 3.8) is 0 Å². The number of anilines is 1. The van der Waals surface area contributed by atoms with Gasteiger partial charge < -0.3 is 9.66 Å². The maximum absolute atomic E-state index is 12.9. The van der Waals surface area contributed by atoms with Gasteiger partial charge >= 0.3 is 12.3 Å². The standard InChI is InChI=1S/C14H17F3N2O3S/c1-8(19-23(22)13(2,3)4)9-5-10(14(15,16)17)7-11(6-9)18-12(20)21/h5-7,18H,1-4H3,(H,20,21)/b19-8+. The van der Waals surface area contributed by atoms with Crippen molar-refractivity contribution in [3.8, 4) is 0 Å². The van der Waals surface area contributed by atoms with E-state index >= 15 is 0 Å². The summed E-state index contributed by atoms with van der Waals surface area (Å²) >= 11 is -1.64. The average Bonchev–Trinajstić information content (AvgIpc) is 2.35. The first-order valence-corrected chi connectivity index (χ1v) is 7.61. The molecule has 0 radical (unpaired) electrons. The monoisotopic (exact) mass is 350 g/mol. The van der Waals surface area contributed by atoms with E-state index in [-0.39, 0.29) is 17.0 Å². The highest BCUT2D eigenvalue weighted by molar-refractivity contribution is 7.91. The Bertz CT molecular complexity index is 625. The van der Waals surface area contributed by atoms with Gasteiger partial charge in [-0.05, 0) is 45.9 Å². The third-order valence-corrected chi connectivity index (χ3v) is 4.16. The van der Waals surface area contributed by atoms with Crippen molar-refractivity contribution in [2.45, 2.75) is 38.6 Å². The lowest BCUT2D eigenvalue weighted by Crippen LogP contribution is -2.26. The topological polar surface area (TPSA) is 84.8 Å². The Morgan fingerprint density at radius 2 is 1.83 bits per heavy atom. The number of rotatable bonds is 3. The lowest BCUT2D eigenvalue weighted by molar-refractivity contribution is -0.137. The van der Waals surface area contributed by atoms with Gasteiger partial charge in [-0.2, -0.15) is 13.2 Å². The van der Waals surface area contributed by atoms with Gasteiger partial charge in [0.25, 0.3) is 0 Å². The summed E-state index contributed by atoms with van der Waals surface area (Å²) in [5, 5.41) is 10.6.